The van der Waals surface area contributed by atoms with Crippen LogP contribution >= 0.6 is 0 Å². The summed E-state index contributed by atoms with van der Waals surface area (Å²) in [5.41, 5.74) is 15.6. The third-order valence-corrected chi connectivity index (χ3v) is 3.22. The monoisotopic (exact) mass is 362 g/mol. The number of benzene rings is 2. The van der Waals surface area contributed by atoms with Crippen LogP contribution in [0.3, 0.4) is 0 Å². The Kier molecular flexibility index (Phi) is 6.90. The molecule has 0 radical (unpaired) electrons. The van der Waals surface area contributed by atoms with E-state index in [2.05, 4.69) is 0 Å². The Balaban J connectivity index is 0.000000263. The zero-order valence-corrected chi connectivity index (χ0v) is 14.1. The van der Waals surface area contributed by atoms with Gasteiger partial charge in [0.1, 0.15) is 11.3 Å². The van der Waals surface area contributed by atoms with Crippen LogP contribution in [0.4, 0.5) is 11.4 Å². The van der Waals surface area contributed by atoms with Gasteiger partial charge in [-0.2, -0.15) is 0 Å². The SMILES string of the molecule is COc1cccc(C(N)=O)c1N.COc1cccc(C(N)=O)c1[N+](=O)[O-]. The number of nitrogens with zero attached hydrogens (tertiary/aromatic N) is 1. The summed E-state index contributed by atoms with van der Waals surface area (Å²) in [6, 6.07) is 9.02. The van der Waals surface area contributed by atoms with Gasteiger partial charge in [0.15, 0.2) is 5.75 Å². The van der Waals surface area contributed by atoms with Crippen molar-refractivity contribution >= 4 is 23.2 Å². The molecule has 0 fully saturated rings. The lowest BCUT2D eigenvalue weighted by atomic mass is 10.1. The van der Waals surface area contributed by atoms with E-state index < -0.39 is 22.4 Å². The van der Waals surface area contributed by atoms with Crippen LogP contribution in [0.5, 0.6) is 11.5 Å². The van der Waals surface area contributed by atoms with Crippen molar-refractivity contribution in [2.45, 2.75) is 0 Å². The average molecular weight is 362 g/mol. The highest BCUT2D eigenvalue weighted by molar-refractivity contribution is 5.99. The molecule has 2 aromatic rings. The van der Waals surface area contributed by atoms with Crippen molar-refractivity contribution in [3.8, 4) is 11.5 Å². The standard InChI is InChI=1S/C8H8N2O4.C8H10N2O2/c1-14-6-4-2-3-5(8(9)11)7(6)10(12)13;1-12-6-4-2-3-5(7(6)9)8(10)11/h2-4H,1H3,(H2,9,11);2-4H,9H2,1H3,(H2,10,11). The molecule has 0 aliphatic heterocycles. The van der Waals surface area contributed by atoms with Crippen LogP contribution in [-0.4, -0.2) is 31.0 Å². The van der Waals surface area contributed by atoms with Crippen LogP contribution in [-0.2, 0) is 0 Å². The molecule has 0 saturated carbocycles. The largest absolute Gasteiger partial charge is 0.495 e. The number of hydrogen-bond acceptors (Lipinski definition) is 7. The number of methoxy groups -OCH3 is 2. The van der Waals surface area contributed by atoms with E-state index in [1.165, 1.54) is 32.4 Å². The Labute approximate surface area is 148 Å². The highest BCUT2D eigenvalue weighted by Crippen LogP contribution is 2.29. The van der Waals surface area contributed by atoms with Crippen LogP contribution in [0, 0.1) is 10.1 Å². The van der Waals surface area contributed by atoms with Crippen LogP contribution in [0.1, 0.15) is 20.7 Å². The predicted octanol–water partition coefficient (Wildman–Crippen LogP) is 1.08. The van der Waals surface area contributed by atoms with Gasteiger partial charge in [-0.3, -0.25) is 19.7 Å². The molecule has 26 heavy (non-hydrogen) atoms. The van der Waals surface area contributed by atoms with Gasteiger partial charge in [-0.25, -0.2) is 0 Å². The molecule has 0 aliphatic rings. The Bertz CT molecular complexity index is 837. The maximum Gasteiger partial charge on any atom is 0.323 e. The van der Waals surface area contributed by atoms with E-state index in [9.17, 15) is 19.7 Å². The summed E-state index contributed by atoms with van der Waals surface area (Å²) in [4.78, 5) is 31.6. The lowest BCUT2D eigenvalue weighted by Gasteiger charge is -2.06. The molecule has 0 bridgehead atoms. The van der Waals surface area contributed by atoms with E-state index in [-0.39, 0.29) is 22.6 Å². The molecule has 2 aromatic carbocycles. The molecule has 0 unspecified atom stereocenters. The topological polar surface area (TPSA) is 174 Å². The zero-order valence-electron chi connectivity index (χ0n) is 14.1. The molecule has 0 atom stereocenters. The fraction of sp³-hybridized carbons (Fsp3) is 0.125. The summed E-state index contributed by atoms with van der Waals surface area (Å²) in [5.74, 6) is -0.917. The Hall–Kier alpha value is -3.82. The number of nitrogen functional groups attached to an aromatic ring is 1. The van der Waals surface area contributed by atoms with E-state index in [4.69, 9.17) is 26.7 Å². The zero-order chi connectivity index (χ0) is 19.9. The van der Waals surface area contributed by atoms with Gasteiger partial charge in [-0.15, -0.1) is 0 Å². The molecular formula is C16H18N4O6. The number of primary amides is 2. The second kappa shape index (κ2) is 8.87. The number of carbonyl (C=O) groups is 2. The van der Waals surface area contributed by atoms with Gasteiger partial charge in [-0.1, -0.05) is 12.1 Å². The molecule has 2 rings (SSSR count). The number of para-hydroxylation sites is 2. The molecule has 0 aliphatic carbocycles. The fourth-order valence-corrected chi connectivity index (χ4v) is 2.01. The van der Waals surface area contributed by atoms with Crippen LogP contribution in [0.15, 0.2) is 36.4 Å². The first-order valence-electron chi connectivity index (χ1n) is 7.08. The van der Waals surface area contributed by atoms with Gasteiger partial charge in [0, 0.05) is 0 Å². The molecule has 0 heterocycles. The summed E-state index contributed by atoms with van der Waals surface area (Å²) >= 11 is 0. The summed E-state index contributed by atoms with van der Waals surface area (Å²) < 4.78 is 9.65. The number of ether oxygens (including phenoxy) is 2. The lowest BCUT2D eigenvalue weighted by molar-refractivity contribution is -0.386. The van der Waals surface area contributed by atoms with Crippen molar-refractivity contribution in [1.29, 1.82) is 0 Å². The van der Waals surface area contributed by atoms with Crippen molar-refractivity contribution in [3.63, 3.8) is 0 Å². The Morgan fingerprint density at radius 1 is 0.923 bits per heavy atom. The van der Waals surface area contributed by atoms with Gasteiger partial charge in [-0.05, 0) is 24.3 Å². The molecule has 2 amide bonds. The number of nitro groups is 1. The molecule has 10 nitrogen and oxygen atoms in total. The molecule has 0 spiro atoms. The molecule has 0 saturated heterocycles. The first kappa shape index (κ1) is 20.2. The smallest absolute Gasteiger partial charge is 0.323 e. The Morgan fingerprint density at radius 2 is 1.38 bits per heavy atom. The van der Waals surface area contributed by atoms with Crippen LogP contribution < -0.4 is 26.7 Å². The van der Waals surface area contributed by atoms with Crippen molar-refractivity contribution < 1.29 is 24.0 Å². The molecular weight excluding hydrogens is 344 g/mol. The van der Waals surface area contributed by atoms with E-state index in [1.54, 1.807) is 18.2 Å². The van der Waals surface area contributed by atoms with Gasteiger partial charge < -0.3 is 26.7 Å². The summed E-state index contributed by atoms with van der Waals surface area (Å²) in [7, 11) is 2.77. The van der Waals surface area contributed by atoms with E-state index in [0.29, 0.717) is 5.75 Å². The maximum atomic E-state index is 10.9. The third-order valence-electron chi connectivity index (χ3n) is 3.22. The first-order chi connectivity index (χ1) is 12.2. The first-order valence-corrected chi connectivity index (χ1v) is 7.08. The number of rotatable bonds is 5. The highest BCUT2D eigenvalue weighted by Gasteiger charge is 2.23. The Morgan fingerprint density at radius 3 is 1.81 bits per heavy atom. The summed E-state index contributed by atoms with van der Waals surface area (Å²) in [6.45, 7) is 0. The second-order valence-electron chi connectivity index (χ2n) is 4.76. The van der Waals surface area contributed by atoms with E-state index in [0.717, 1.165) is 0 Å². The van der Waals surface area contributed by atoms with Crippen molar-refractivity contribution in [2.75, 3.05) is 20.0 Å². The maximum absolute atomic E-state index is 10.9. The van der Waals surface area contributed by atoms with Gasteiger partial charge in [0.2, 0.25) is 0 Å². The highest BCUT2D eigenvalue weighted by atomic mass is 16.6. The fourth-order valence-electron chi connectivity index (χ4n) is 2.01. The van der Waals surface area contributed by atoms with Gasteiger partial charge >= 0.3 is 5.69 Å². The van der Waals surface area contributed by atoms with Crippen molar-refractivity contribution in [1.82, 2.24) is 0 Å². The number of nitrogens with two attached hydrogens (primary N) is 3. The average Bonchev–Trinajstić information content (AvgIpc) is 2.61. The van der Waals surface area contributed by atoms with E-state index in [1.807, 2.05) is 0 Å². The lowest BCUT2D eigenvalue weighted by Crippen LogP contribution is -2.13. The minimum atomic E-state index is -0.851. The van der Waals surface area contributed by atoms with Crippen molar-refractivity contribution in [2.24, 2.45) is 11.5 Å². The minimum Gasteiger partial charge on any atom is -0.495 e. The van der Waals surface area contributed by atoms with Crippen LogP contribution in [0.2, 0.25) is 0 Å². The molecule has 6 N–H and O–H groups in total. The van der Waals surface area contributed by atoms with Crippen molar-refractivity contribution in [3.05, 3.63) is 57.6 Å². The van der Waals surface area contributed by atoms with E-state index >= 15 is 0 Å². The number of nitro benzene ring substituents is 1. The quantitative estimate of drug-likeness (QED) is 0.405. The minimum absolute atomic E-state index is 0.0197. The predicted molar refractivity (Wildman–Crippen MR) is 94.1 cm³/mol. The molecule has 138 valence electrons. The van der Waals surface area contributed by atoms with Gasteiger partial charge in [0.25, 0.3) is 11.8 Å². The normalized spacial score (nSPS) is 9.46. The second-order valence-corrected chi connectivity index (χ2v) is 4.76. The van der Waals surface area contributed by atoms with Crippen LogP contribution in [0.25, 0.3) is 0 Å². The summed E-state index contributed by atoms with van der Waals surface area (Å²) in [6.07, 6.45) is 0. The summed E-state index contributed by atoms with van der Waals surface area (Å²) in [5, 5.41) is 10.6. The number of anilines is 1. The third kappa shape index (κ3) is 4.60. The van der Waals surface area contributed by atoms with Gasteiger partial charge in [0.05, 0.1) is 30.4 Å². The number of hydrogen-bond donors (Lipinski definition) is 3. The number of carbonyl (C=O) groups excluding carboxylic acids is 2. The molecule has 10 heteroatoms. The molecule has 0 aromatic heterocycles. The number of amides is 2.